The molecule has 1 aromatic rings. The summed E-state index contributed by atoms with van der Waals surface area (Å²) >= 11 is 0. The molecule has 1 aromatic carbocycles. The van der Waals surface area contributed by atoms with Gasteiger partial charge in [-0.3, -0.25) is 4.79 Å². The SMILES string of the molecule is NC/C=C/CNC(=O)c1ccc(F)cc1F. The van der Waals surface area contributed by atoms with E-state index in [9.17, 15) is 13.6 Å². The Balaban J connectivity index is 2.63. The maximum absolute atomic E-state index is 13.1. The molecule has 16 heavy (non-hydrogen) atoms. The second-order valence-electron chi connectivity index (χ2n) is 3.04. The van der Waals surface area contributed by atoms with Crippen molar-refractivity contribution in [3.05, 3.63) is 47.5 Å². The van der Waals surface area contributed by atoms with E-state index in [1.54, 1.807) is 12.2 Å². The van der Waals surface area contributed by atoms with Gasteiger partial charge >= 0.3 is 0 Å². The lowest BCUT2D eigenvalue weighted by atomic mass is 10.2. The van der Waals surface area contributed by atoms with E-state index in [1.165, 1.54) is 0 Å². The number of nitrogens with two attached hydrogens (primary N) is 1. The van der Waals surface area contributed by atoms with Gasteiger partial charge in [-0.1, -0.05) is 12.2 Å². The minimum Gasteiger partial charge on any atom is -0.348 e. The standard InChI is InChI=1S/C11H12F2N2O/c12-8-3-4-9(10(13)7-8)11(16)15-6-2-1-5-14/h1-4,7H,5-6,14H2,(H,15,16)/b2-1+. The van der Waals surface area contributed by atoms with Crippen molar-refractivity contribution in [3.8, 4) is 0 Å². The summed E-state index contributed by atoms with van der Waals surface area (Å²) in [7, 11) is 0. The number of hydrogen-bond acceptors (Lipinski definition) is 2. The molecule has 0 aromatic heterocycles. The molecule has 0 saturated heterocycles. The predicted molar refractivity (Wildman–Crippen MR) is 56.9 cm³/mol. The third kappa shape index (κ3) is 3.43. The lowest BCUT2D eigenvalue weighted by Crippen LogP contribution is -2.24. The fourth-order valence-corrected chi connectivity index (χ4v) is 1.10. The minimum absolute atomic E-state index is 0.178. The van der Waals surface area contributed by atoms with Gasteiger partial charge in [0, 0.05) is 19.2 Å². The second kappa shape index (κ2) is 5.97. The average molecular weight is 226 g/mol. The maximum Gasteiger partial charge on any atom is 0.254 e. The Kier molecular flexibility index (Phi) is 4.60. The molecule has 0 aliphatic heterocycles. The van der Waals surface area contributed by atoms with Gasteiger partial charge in [0.25, 0.3) is 5.91 Å². The van der Waals surface area contributed by atoms with E-state index in [4.69, 9.17) is 5.73 Å². The molecule has 0 spiro atoms. The van der Waals surface area contributed by atoms with Crippen LogP contribution in [0.1, 0.15) is 10.4 Å². The molecule has 3 N–H and O–H groups in total. The van der Waals surface area contributed by atoms with Crippen LogP contribution in [0.5, 0.6) is 0 Å². The van der Waals surface area contributed by atoms with Crippen LogP contribution in [0.15, 0.2) is 30.4 Å². The van der Waals surface area contributed by atoms with E-state index in [0.29, 0.717) is 12.6 Å². The Labute approximate surface area is 91.9 Å². The van der Waals surface area contributed by atoms with Crippen molar-refractivity contribution in [3.63, 3.8) is 0 Å². The van der Waals surface area contributed by atoms with Crippen molar-refractivity contribution in [2.45, 2.75) is 0 Å². The molecular formula is C11H12F2N2O. The number of amides is 1. The molecule has 0 fully saturated rings. The fraction of sp³-hybridized carbons (Fsp3) is 0.182. The van der Waals surface area contributed by atoms with Gasteiger partial charge in [-0.05, 0) is 12.1 Å². The molecule has 0 atom stereocenters. The van der Waals surface area contributed by atoms with Crippen molar-refractivity contribution < 1.29 is 13.6 Å². The van der Waals surface area contributed by atoms with E-state index in [-0.39, 0.29) is 12.1 Å². The highest BCUT2D eigenvalue weighted by molar-refractivity contribution is 5.94. The first-order chi connectivity index (χ1) is 7.65. The number of halogens is 2. The van der Waals surface area contributed by atoms with Crippen LogP contribution in [0.25, 0.3) is 0 Å². The zero-order valence-electron chi connectivity index (χ0n) is 8.54. The van der Waals surface area contributed by atoms with Gasteiger partial charge < -0.3 is 11.1 Å². The van der Waals surface area contributed by atoms with Crippen molar-refractivity contribution >= 4 is 5.91 Å². The number of carbonyl (C=O) groups excluding carboxylic acids is 1. The average Bonchev–Trinajstić information content (AvgIpc) is 2.24. The molecule has 3 nitrogen and oxygen atoms in total. The topological polar surface area (TPSA) is 55.1 Å². The minimum atomic E-state index is -0.875. The molecule has 0 saturated carbocycles. The van der Waals surface area contributed by atoms with Crippen LogP contribution >= 0.6 is 0 Å². The van der Waals surface area contributed by atoms with Crippen LogP contribution in [-0.2, 0) is 0 Å². The van der Waals surface area contributed by atoms with Crippen LogP contribution in [0.2, 0.25) is 0 Å². The zero-order valence-corrected chi connectivity index (χ0v) is 8.54. The smallest absolute Gasteiger partial charge is 0.254 e. The van der Waals surface area contributed by atoms with E-state index in [0.717, 1.165) is 12.1 Å². The Morgan fingerprint density at radius 2 is 2.12 bits per heavy atom. The van der Waals surface area contributed by atoms with Gasteiger partial charge in [0.05, 0.1) is 5.56 Å². The fourth-order valence-electron chi connectivity index (χ4n) is 1.10. The zero-order chi connectivity index (χ0) is 12.0. The van der Waals surface area contributed by atoms with E-state index >= 15 is 0 Å². The van der Waals surface area contributed by atoms with Crippen LogP contribution in [0.3, 0.4) is 0 Å². The first kappa shape index (κ1) is 12.3. The number of hydrogen-bond donors (Lipinski definition) is 2. The Bertz CT molecular complexity index is 405. The first-order valence-corrected chi connectivity index (χ1v) is 4.73. The summed E-state index contributed by atoms with van der Waals surface area (Å²) in [4.78, 5) is 11.4. The summed E-state index contributed by atoms with van der Waals surface area (Å²) in [5.74, 6) is -2.17. The van der Waals surface area contributed by atoms with Crippen LogP contribution < -0.4 is 11.1 Å². The summed E-state index contributed by atoms with van der Waals surface area (Å²) in [6.07, 6.45) is 3.32. The summed E-state index contributed by atoms with van der Waals surface area (Å²) in [5, 5.41) is 2.45. The van der Waals surface area contributed by atoms with Crippen molar-refractivity contribution in [2.24, 2.45) is 5.73 Å². The molecule has 0 heterocycles. The third-order valence-electron chi connectivity index (χ3n) is 1.86. The number of carbonyl (C=O) groups is 1. The van der Waals surface area contributed by atoms with Crippen molar-refractivity contribution in [1.29, 1.82) is 0 Å². The summed E-state index contributed by atoms with van der Waals surface area (Å²) in [6.45, 7) is 0.633. The molecule has 86 valence electrons. The van der Waals surface area contributed by atoms with E-state index in [2.05, 4.69) is 5.32 Å². The molecular weight excluding hydrogens is 214 g/mol. The monoisotopic (exact) mass is 226 g/mol. The predicted octanol–water partition coefficient (Wildman–Crippen LogP) is 1.21. The summed E-state index contributed by atoms with van der Waals surface area (Å²) < 4.78 is 25.7. The van der Waals surface area contributed by atoms with Crippen LogP contribution in [-0.4, -0.2) is 19.0 Å². The van der Waals surface area contributed by atoms with Crippen molar-refractivity contribution in [2.75, 3.05) is 13.1 Å². The van der Waals surface area contributed by atoms with Gasteiger partial charge in [-0.15, -0.1) is 0 Å². The van der Waals surface area contributed by atoms with Crippen molar-refractivity contribution in [1.82, 2.24) is 5.32 Å². The second-order valence-corrected chi connectivity index (χ2v) is 3.04. The highest BCUT2D eigenvalue weighted by Gasteiger charge is 2.10. The third-order valence-corrected chi connectivity index (χ3v) is 1.86. The molecule has 1 rings (SSSR count). The van der Waals surface area contributed by atoms with Gasteiger partial charge in [0.1, 0.15) is 11.6 Å². The van der Waals surface area contributed by atoms with Crippen LogP contribution in [0.4, 0.5) is 8.78 Å². The number of benzene rings is 1. The molecule has 1 amide bonds. The largest absolute Gasteiger partial charge is 0.348 e. The van der Waals surface area contributed by atoms with Gasteiger partial charge in [0.15, 0.2) is 0 Å². The molecule has 0 aliphatic rings. The highest BCUT2D eigenvalue weighted by atomic mass is 19.1. The van der Waals surface area contributed by atoms with E-state index < -0.39 is 17.5 Å². The van der Waals surface area contributed by atoms with E-state index in [1.807, 2.05) is 0 Å². The number of nitrogens with one attached hydrogen (secondary N) is 1. The summed E-state index contributed by atoms with van der Waals surface area (Å²) in [6, 6.07) is 2.81. The Hall–Kier alpha value is -1.75. The Morgan fingerprint density at radius 1 is 1.38 bits per heavy atom. The van der Waals surface area contributed by atoms with Gasteiger partial charge in [-0.25, -0.2) is 8.78 Å². The van der Waals surface area contributed by atoms with Gasteiger partial charge in [0.2, 0.25) is 0 Å². The molecule has 0 aliphatic carbocycles. The summed E-state index contributed by atoms with van der Waals surface area (Å²) in [5.41, 5.74) is 5.02. The molecule has 0 radical (unpaired) electrons. The molecule has 0 bridgehead atoms. The molecule has 0 unspecified atom stereocenters. The Morgan fingerprint density at radius 3 is 2.75 bits per heavy atom. The lowest BCUT2D eigenvalue weighted by molar-refractivity contribution is 0.0954. The first-order valence-electron chi connectivity index (χ1n) is 4.73. The van der Waals surface area contributed by atoms with Gasteiger partial charge in [-0.2, -0.15) is 0 Å². The molecule has 5 heteroatoms. The highest BCUT2D eigenvalue weighted by Crippen LogP contribution is 2.08. The van der Waals surface area contributed by atoms with Crippen LogP contribution in [0, 0.1) is 11.6 Å². The number of rotatable bonds is 4. The lowest BCUT2D eigenvalue weighted by Gasteiger charge is -2.03. The quantitative estimate of drug-likeness (QED) is 0.758. The maximum atomic E-state index is 13.1. The normalized spacial score (nSPS) is 10.7.